The third kappa shape index (κ3) is 3.88. The van der Waals surface area contributed by atoms with E-state index in [0.29, 0.717) is 5.56 Å². The number of phenols is 1. The van der Waals surface area contributed by atoms with Crippen LogP contribution in [-0.2, 0) is 11.6 Å². The third-order valence-electron chi connectivity index (χ3n) is 3.30. The van der Waals surface area contributed by atoms with Gasteiger partial charge in [-0.1, -0.05) is 45.0 Å². The number of halogens is 3. The number of alkyl halides is 3. The molecule has 2 aromatic rings. The lowest BCUT2D eigenvalue weighted by Gasteiger charge is -2.20. The highest BCUT2D eigenvalue weighted by molar-refractivity contribution is 5.57. The lowest BCUT2D eigenvalue weighted by atomic mass is 9.86. The van der Waals surface area contributed by atoms with Gasteiger partial charge in [-0.2, -0.15) is 13.2 Å². The van der Waals surface area contributed by atoms with E-state index in [1.165, 1.54) is 24.3 Å². The number of hydrogen-bond donors (Lipinski definition) is 1. The molecule has 0 aliphatic carbocycles. The highest BCUT2D eigenvalue weighted by Crippen LogP contribution is 2.40. The van der Waals surface area contributed by atoms with E-state index in [-0.39, 0.29) is 22.5 Å². The van der Waals surface area contributed by atoms with E-state index in [1.54, 1.807) is 12.1 Å². The SMILES string of the molecule is CC(C)(C)c1cccc(N=Nc2ccccc2C(F)(F)F)c1O. The zero-order chi connectivity index (χ0) is 17.3. The van der Waals surface area contributed by atoms with Gasteiger partial charge in [-0.3, -0.25) is 0 Å². The topological polar surface area (TPSA) is 45.0 Å². The summed E-state index contributed by atoms with van der Waals surface area (Å²) in [4.78, 5) is 0. The minimum absolute atomic E-state index is 0.0757. The third-order valence-corrected chi connectivity index (χ3v) is 3.30. The van der Waals surface area contributed by atoms with Crippen molar-refractivity contribution in [3.05, 3.63) is 53.6 Å². The summed E-state index contributed by atoms with van der Waals surface area (Å²) in [6.07, 6.45) is -4.51. The number of phenolic OH excluding ortho intramolecular Hbond substituents is 1. The van der Waals surface area contributed by atoms with E-state index >= 15 is 0 Å². The predicted molar refractivity (Wildman–Crippen MR) is 82.4 cm³/mol. The highest BCUT2D eigenvalue weighted by atomic mass is 19.4. The molecule has 0 aromatic heterocycles. The molecule has 122 valence electrons. The maximum Gasteiger partial charge on any atom is 0.418 e. The lowest BCUT2D eigenvalue weighted by molar-refractivity contribution is -0.137. The van der Waals surface area contributed by atoms with E-state index < -0.39 is 11.7 Å². The second-order valence-electron chi connectivity index (χ2n) is 6.14. The monoisotopic (exact) mass is 322 g/mol. The molecule has 0 bridgehead atoms. The van der Waals surface area contributed by atoms with Crippen molar-refractivity contribution in [1.82, 2.24) is 0 Å². The summed E-state index contributed by atoms with van der Waals surface area (Å²) < 4.78 is 38.8. The molecule has 0 atom stereocenters. The number of rotatable bonds is 2. The van der Waals surface area contributed by atoms with Crippen molar-refractivity contribution in [3.8, 4) is 5.75 Å². The fourth-order valence-electron chi connectivity index (χ4n) is 2.13. The summed E-state index contributed by atoms with van der Waals surface area (Å²) in [5.74, 6) is -0.0757. The molecular weight excluding hydrogens is 305 g/mol. The number of benzene rings is 2. The van der Waals surface area contributed by atoms with Gasteiger partial charge in [0.2, 0.25) is 0 Å². The smallest absolute Gasteiger partial charge is 0.418 e. The maximum absolute atomic E-state index is 12.9. The van der Waals surface area contributed by atoms with Gasteiger partial charge in [0.25, 0.3) is 0 Å². The summed E-state index contributed by atoms with van der Waals surface area (Å²) >= 11 is 0. The van der Waals surface area contributed by atoms with Gasteiger partial charge in [0, 0.05) is 5.56 Å². The van der Waals surface area contributed by atoms with Gasteiger partial charge in [0.05, 0.1) is 11.3 Å². The molecular formula is C17H17F3N2O. The summed E-state index contributed by atoms with van der Waals surface area (Å²) in [5, 5.41) is 17.7. The summed E-state index contributed by atoms with van der Waals surface area (Å²) in [6.45, 7) is 5.76. The molecule has 0 heterocycles. The van der Waals surface area contributed by atoms with E-state index in [1.807, 2.05) is 20.8 Å². The Labute approximate surface area is 132 Å². The molecule has 0 radical (unpaired) electrons. The van der Waals surface area contributed by atoms with Crippen molar-refractivity contribution in [2.75, 3.05) is 0 Å². The molecule has 0 saturated heterocycles. The lowest BCUT2D eigenvalue weighted by Crippen LogP contribution is -2.10. The summed E-state index contributed by atoms with van der Waals surface area (Å²) in [5.41, 5.74) is -0.692. The Morgan fingerprint density at radius 3 is 1.91 bits per heavy atom. The first-order valence-electron chi connectivity index (χ1n) is 7.01. The van der Waals surface area contributed by atoms with Crippen LogP contribution in [0.5, 0.6) is 5.75 Å². The van der Waals surface area contributed by atoms with Crippen molar-refractivity contribution < 1.29 is 18.3 Å². The number of nitrogens with zero attached hydrogens (tertiary/aromatic N) is 2. The van der Waals surface area contributed by atoms with Crippen LogP contribution in [0.2, 0.25) is 0 Å². The molecule has 0 amide bonds. The normalized spacial score (nSPS) is 12.8. The molecule has 1 N–H and O–H groups in total. The van der Waals surface area contributed by atoms with Gasteiger partial charge >= 0.3 is 6.18 Å². The van der Waals surface area contributed by atoms with E-state index in [4.69, 9.17) is 0 Å². The second kappa shape index (κ2) is 6.02. The average Bonchev–Trinajstić information content (AvgIpc) is 2.44. The minimum atomic E-state index is -4.51. The molecule has 0 saturated carbocycles. The minimum Gasteiger partial charge on any atom is -0.505 e. The Kier molecular flexibility index (Phi) is 4.45. The van der Waals surface area contributed by atoms with Crippen molar-refractivity contribution in [1.29, 1.82) is 0 Å². The Bertz CT molecular complexity index is 731. The van der Waals surface area contributed by atoms with Crippen LogP contribution < -0.4 is 0 Å². The van der Waals surface area contributed by atoms with E-state index in [2.05, 4.69) is 10.2 Å². The van der Waals surface area contributed by atoms with Crippen LogP contribution in [0.1, 0.15) is 31.9 Å². The first kappa shape index (κ1) is 17.0. The van der Waals surface area contributed by atoms with Crippen LogP contribution >= 0.6 is 0 Å². The van der Waals surface area contributed by atoms with Crippen LogP contribution in [0.25, 0.3) is 0 Å². The molecule has 0 unspecified atom stereocenters. The molecule has 0 aliphatic heterocycles. The first-order chi connectivity index (χ1) is 10.6. The quantitative estimate of drug-likeness (QED) is 0.665. The van der Waals surface area contributed by atoms with Gasteiger partial charge < -0.3 is 5.11 Å². The molecule has 2 rings (SSSR count). The van der Waals surface area contributed by atoms with Crippen LogP contribution in [0.4, 0.5) is 24.5 Å². The van der Waals surface area contributed by atoms with Crippen molar-refractivity contribution in [2.24, 2.45) is 10.2 Å². The molecule has 23 heavy (non-hydrogen) atoms. The molecule has 0 fully saturated rings. The van der Waals surface area contributed by atoms with Crippen LogP contribution in [0, 0.1) is 0 Å². The summed E-state index contributed by atoms with van der Waals surface area (Å²) in [6, 6.07) is 9.86. The fraction of sp³-hybridized carbons (Fsp3) is 0.294. The Morgan fingerprint density at radius 1 is 0.783 bits per heavy atom. The molecule has 2 aromatic carbocycles. The average molecular weight is 322 g/mol. The maximum atomic E-state index is 12.9. The standard InChI is InChI=1S/C17H17F3N2O/c1-16(2,3)12-8-6-10-14(15(12)23)22-21-13-9-5-4-7-11(13)17(18,19)20/h4-10,23H,1-3H3. The van der Waals surface area contributed by atoms with Crippen LogP contribution in [0.3, 0.4) is 0 Å². The number of hydrogen-bond acceptors (Lipinski definition) is 3. The Morgan fingerprint density at radius 2 is 1.30 bits per heavy atom. The molecule has 3 nitrogen and oxygen atoms in total. The highest BCUT2D eigenvalue weighted by Gasteiger charge is 2.33. The van der Waals surface area contributed by atoms with E-state index in [9.17, 15) is 18.3 Å². The number of para-hydroxylation sites is 1. The summed E-state index contributed by atoms with van der Waals surface area (Å²) in [7, 11) is 0. The van der Waals surface area contributed by atoms with Crippen molar-refractivity contribution in [3.63, 3.8) is 0 Å². The van der Waals surface area contributed by atoms with Crippen LogP contribution in [0.15, 0.2) is 52.7 Å². The number of aromatic hydroxyl groups is 1. The van der Waals surface area contributed by atoms with Gasteiger partial charge in [-0.25, -0.2) is 0 Å². The second-order valence-corrected chi connectivity index (χ2v) is 6.14. The Hall–Kier alpha value is -2.37. The van der Waals surface area contributed by atoms with Gasteiger partial charge in [0.1, 0.15) is 11.4 Å². The zero-order valence-electron chi connectivity index (χ0n) is 13.0. The first-order valence-corrected chi connectivity index (χ1v) is 7.01. The number of azo groups is 1. The molecule has 0 aliphatic rings. The van der Waals surface area contributed by atoms with Crippen molar-refractivity contribution >= 4 is 11.4 Å². The Balaban J connectivity index is 2.44. The van der Waals surface area contributed by atoms with Crippen LogP contribution in [-0.4, -0.2) is 5.11 Å². The van der Waals surface area contributed by atoms with Crippen molar-refractivity contribution in [2.45, 2.75) is 32.4 Å². The van der Waals surface area contributed by atoms with Gasteiger partial charge in [-0.15, -0.1) is 10.2 Å². The molecule has 6 heteroatoms. The van der Waals surface area contributed by atoms with E-state index in [0.717, 1.165) is 6.07 Å². The largest absolute Gasteiger partial charge is 0.505 e. The fourth-order valence-corrected chi connectivity index (χ4v) is 2.13. The van der Waals surface area contributed by atoms with Gasteiger partial charge in [-0.05, 0) is 23.6 Å². The predicted octanol–water partition coefficient (Wildman–Crippen LogP) is 6.12. The zero-order valence-corrected chi connectivity index (χ0v) is 13.0. The molecule has 0 spiro atoms. The van der Waals surface area contributed by atoms with Gasteiger partial charge in [0.15, 0.2) is 0 Å².